The van der Waals surface area contributed by atoms with Gasteiger partial charge in [0.15, 0.2) is 0 Å². The third kappa shape index (κ3) is 7.91. The molecule has 2 N–H and O–H groups in total. The molecule has 0 unspecified atom stereocenters. The van der Waals surface area contributed by atoms with Crippen LogP contribution in [0.15, 0.2) is 47.1 Å². The van der Waals surface area contributed by atoms with Gasteiger partial charge in [0, 0.05) is 5.69 Å². The van der Waals surface area contributed by atoms with Gasteiger partial charge in [-0.3, -0.25) is 4.98 Å². The number of hydrogen-bond acceptors (Lipinski definition) is 3. The lowest BCUT2D eigenvalue weighted by Crippen LogP contribution is -2.07. The number of aliphatic hydroxyl groups is 2. The standard InChI is InChI=1S/C20H29NO2/c1-15(7-5-8-16(2)14-22)11-12-20(23)17(3)13-19-10-6-9-18(4)21-19/h6,8-11,13,20,22-23H,5,7,12,14H2,1-4H3/b15-11-,16-8+,17-13+/t20-/m0/s1. The van der Waals surface area contributed by atoms with Gasteiger partial charge in [0.05, 0.1) is 18.4 Å². The lowest BCUT2D eigenvalue weighted by Gasteiger charge is -2.10. The van der Waals surface area contributed by atoms with E-state index in [4.69, 9.17) is 5.11 Å². The van der Waals surface area contributed by atoms with Crippen LogP contribution < -0.4 is 0 Å². The molecule has 0 radical (unpaired) electrons. The summed E-state index contributed by atoms with van der Waals surface area (Å²) in [5.74, 6) is 0. The van der Waals surface area contributed by atoms with E-state index < -0.39 is 6.10 Å². The van der Waals surface area contributed by atoms with Crippen LogP contribution in [0.5, 0.6) is 0 Å². The molecule has 1 rings (SSSR count). The molecule has 1 atom stereocenters. The zero-order chi connectivity index (χ0) is 17.2. The molecular weight excluding hydrogens is 286 g/mol. The van der Waals surface area contributed by atoms with Crippen molar-refractivity contribution in [2.24, 2.45) is 0 Å². The van der Waals surface area contributed by atoms with Crippen molar-refractivity contribution in [3.63, 3.8) is 0 Å². The molecule has 23 heavy (non-hydrogen) atoms. The molecule has 0 aliphatic heterocycles. The van der Waals surface area contributed by atoms with Gasteiger partial charge in [-0.2, -0.15) is 0 Å². The first kappa shape index (κ1) is 19.3. The number of pyridine rings is 1. The van der Waals surface area contributed by atoms with Crippen LogP contribution in [0.2, 0.25) is 0 Å². The molecule has 0 aliphatic carbocycles. The third-order valence-electron chi connectivity index (χ3n) is 3.78. The first-order valence-electron chi connectivity index (χ1n) is 8.14. The molecule has 0 saturated heterocycles. The van der Waals surface area contributed by atoms with Gasteiger partial charge in [0.1, 0.15) is 0 Å². The van der Waals surface area contributed by atoms with E-state index in [1.165, 1.54) is 5.57 Å². The second-order valence-corrected chi connectivity index (χ2v) is 6.14. The Morgan fingerprint density at radius 1 is 1.17 bits per heavy atom. The maximum atomic E-state index is 10.3. The lowest BCUT2D eigenvalue weighted by atomic mass is 10.0. The largest absolute Gasteiger partial charge is 0.392 e. The summed E-state index contributed by atoms with van der Waals surface area (Å²) < 4.78 is 0. The van der Waals surface area contributed by atoms with E-state index in [1.807, 2.05) is 45.0 Å². The van der Waals surface area contributed by atoms with Crippen LogP contribution >= 0.6 is 0 Å². The minimum absolute atomic E-state index is 0.123. The van der Waals surface area contributed by atoms with Gasteiger partial charge in [-0.15, -0.1) is 0 Å². The van der Waals surface area contributed by atoms with Gasteiger partial charge in [0.25, 0.3) is 0 Å². The van der Waals surface area contributed by atoms with E-state index >= 15 is 0 Å². The van der Waals surface area contributed by atoms with E-state index in [-0.39, 0.29) is 6.61 Å². The Hall–Kier alpha value is -1.71. The summed E-state index contributed by atoms with van der Waals surface area (Å²) >= 11 is 0. The van der Waals surface area contributed by atoms with Crippen LogP contribution in [0.25, 0.3) is 6.08 Å². The molecule has 0 spiro atoms. The summed E-state index contributed by atoms with van der Waals surface area (Å²) in [5.41, 5.74) is 5.04. The molecule has 0 amide bonds. The Morgan fingerprint density at radius 2 is 1.91 bits per heavy atom. The lowest BCUT2D eigenvalue weighted by molar-refractivity contribution is 0.215. The molecule has 1 aromatic heterocycles. The number of aromatic nitrogens is 1. The van der Waals surface area contributed by atoms with Gasteiger partial charge in [-0.25, -0.2) is 0 Å². The molecule has 0 fully saturated rings. The van der Waals surface area contributed by atoms with E-state index in [2.05, 4.69) is 24.1 Å². The topological polar surface area (TPSA) is 53.4 Å². The maximum absolute atomic E-state index is 10.3. The van der Waals surface area contributed by atoms with Crippen LogP contribution in [0, 0.1) is 6.92 Å². The molecule has 0 aromatic carbocycles. The Kier molecular flexibility index (Phi) is 8.52. The molecule has 126 valence electrons. The van der Waals surface area contributed by atoms with Gasteiger partial charge < -0.3 is 10.2 Å². The minimum Gasteiger partial charge on any atom is -0.392 e. The Morgan fingerprint density at radius 3 is 2.57 bits per heavy atom. The first-order valence-corrected chi connectivity index (χ1v) is 8.14. The van der Waals surface area contributed by atoms with Gasteiger partial charge in [-0.1, -0.05) is 29.4 Å². The highest BCUT2D eigenvalue weighted by Gasteiger charge is 2.05. The van der Waals surface area contributed by atoms with Crippen molar-refractivity contribution in [3.05, 3.63) is 58.5 Å². The van der Waals surface area contributed by atoms with Crippen molar-refractivity contribution in [1.29, 1.82) is 0 Å². The number of rotatable bonds is 8. The van der Waals surface area contributed by atoms with Crippen LogP contribution in [0.4, 0.5) is 0 Å². The first-order chi connectivity index (χ1) is 10.9. The maximum Gasteiger partial charge on any atom is 0.0785 e. The summed E-state index contributed by atoms with van der Waals surface area (Å²) in [4.78, 5) is 4.43. The van der Waals surface area contributed by atoms with Crippen molar-refractivity contribution in [3.8, 4) is 0 Å². The molecule has 3 nitrogen and oxygen atoms in total. The minimum atomic E-state index is -0.484. The SMILES string of the molecule is C/C(=C/C[C@H](O)/C(C)=C/c1cccc(C)n1)CC/C=C(\C)CO. The summed E-state index contributed by atoms with van der Waals surface area (Å²) in [6.07, 6.45) is 8.09. The summed E-state index contributed by atoms with van der Waals surface area (Å²) in [5, 5.41) is 19.2. The molecule has 1 aromatic rings. The molecule has 0 bridgehead atoms. The summed E-state index contributed by atoms with van der Waals surface area (Å²) in [7, 11) is 0. The normalized spacial score (nSPS) is 15.0. The third-order valence-corrected chi connectivity index (χ3v) is 3.78. The molecule has 3 heteroatoms. The Labute approximate surface area is 140 Å². The monoisotopic (exact) mass is 315 g/mol. The van der Waals surface area contributed by atoms with E-state index in [1.54, 1.807) is 0 Å². The second-order valence-electron chi connectivity index (χ2n) is 6.14. The number of aliphatic hydroxyl groups excluding tert-OH is 2. The number of aryl methyl sites for hydroxylation is 1. The van der Waals surface area contributed by atoms with E-state index in [9.17, 15) is 5.11 Å². The number of allylic oxidation sites excluding steroid dienone is 2. The fourth-order valence-electron chi connectivity index (χ4n) is 2.19. The van der Waals surface area contributed by atoms with Gasteiger partial charge in [0.2, 0.25) is 0 Å². The van der Waals surface area contributed by atoms with Crippen molar-refractivity contribution in [1.82, 2.24) is 4.98 Å². The fraction of sp³-hybridized carbons (Fsp3) is 0.450. The zero-order valence-electron chi connectivity index (χ0n) is 14.7. The van der Waals surface area contributed by atoms with Crippen LogP contribution in [-0.4, -0.2) is 27.9 Å². The molecule has 0 aliphatic rings. The van der Waals surface area contributed by atoms with Crippen molar-refractivity contribution in [2.75, 3.05) is 6.61 Å². The van der Waals surface area contributed by atoms with Crippen molar-refractivity contribution < 1.29 is 10.2 Å². The predicted octanol–water partition coefficient (Wildman–Crippen LogP) is 4.21. The van der Waals surface area contributed by atoms with Crippen LogP contribution in [0.3, 0.4) is 0 Å². The average molecular weight is 315 g/mol. The Balaban J connectivity index is 2.54. The highest BCUT2D eigenvalue weighted by atomic mass is 16.3. The van der Waals surface area contributed by atoms with Gasteiger partial charge in [-0.05, 0) is 70.7 Å². The van der Waals surface area contributed by atoms with Crippen molar-refractivity contribution in [2.45, 2.75) is 53.1 Å². The van der Waals surface area contributed by atoms with E-state index in [0.717, 1.165) is 35.4 Å². The predicted molar refractivity (Wildman–Crippen MR) is 97.1 cm³/mol. The highest BCUT2D eigenvalue weighted by molar-refractivity contribution is 5.49. The van der Waals surface area contributed by atoms with E-state index in [0.29, 0.717) is 6.42 Å². The second kappa shape index (κ2) is 10.1. The Bertz CT molecular complexity index is 585. The number of nitrogens with zero attached hydrogens (tertiary/aromatic N) is 1. The van der Waals surface area contributed by atoms with Gasteiger partial charge >= 0.3 is 0 Å². The van der Waals surface area contributed by atoms with Crippen LogP contribution in [0.1, 0.15) is 51.4 Å². The molecule has 1 heterocycles. The molecule has 0 saturated carbocycles. The quantitative estimate of drug-likeness (QED) is 0.707. The zero-order valence-corrected chi connectivity index (χ0v) is 14.7. The molecular formula is C20H29NO2. The number of hydrogen-bond donors (Lipinski definition) is 2. The van der Waals surface area contributed by atoms with Crippen molar-refractivity contribution >= 4 is 6.08 Å². The summed E-state index contributed by atoms with van der Waals surface area (Å²) in [6, 6.07) is 5.88. The fourth-order valence-corrected chi connectivity index (χ4v) is 2.19. The average Bonchev–Trinajstić information content (AvgIpc) is 2.52. The highest BCUT2D eigenvalue weighted by Crippen LogP contribution is 2.14. The van der Waals surface area contributed by atoms with Crippen LogP contribution in [-0.2, 0) is 0 Å². The summed E-state index contributed by atoms with van der Waals surface area (Å²) in [6.45, 7) is 8.03. The smallest absolute Gasteiger partial charge is 0.0785 e.